The first-order valence-corrected chi connectivity index (χ1v) is 8.72. The number of ether oxygens (including phenoxy) is 1. The van der Waals surface area contributed by atoms with Gasteiger partial charge in [0, 0.05) is 35.7 Å². The Bertz CT molecular complexity index is 879. The van der Waals surface area contributed by atoms with Gasteiger partial charge in [0.05, 0.1) is 18.7 Å². The molecule has 0 saturated carbocycles. The van der Waals surface area contributed by atoms with Crippen molar-refractivity contribution in [1.29, 1.82) is 0 Å². The number of amides is 1. The normalized spacial score (nSPS) is 19.3. The molecule has 2 aromatic rings. The van der Waals surface area contributed by atoms with Gasteiger partial charge in [0.25, 0.3) is 5.95 Å². The van der Waals surface area contributed by atoms with Gasteiger partial charge in [-0.15, -0.1) is 0 Å². The second kappa shape index (κ2) is 7.07. The summed E-state index contributed by atoms with van der Waals surface area (Å²) in [7, 11) is 0. The molecule has 3 rings (SSSR count). The van der Waals surface area contributed by atoms with Gasteiger partial charge in [-0.05, 0) is 33.8 Å². The zero-order valence-electron chi connectivity index (χ0n) is 15.9. The first-order chi connectivity index (χ1) is 12.7. The molecule has 1 fully saturated rings. The van der Waals surface area contributed by atoms with Crippen molar-refractivity contribution in [1.82, 2.24) is 25.1 Å². The fraction of sp³-hybridized carbons (Fsp3) is 0.500. The molecular formula is C18H23N5O4. The molecule has 2 aromatic heterocycles. The molecule has 0 aliphatic carbocycles. The van der Waals surface area contributed by atoms with Crippen LogP contribution in [-0.4, -0.2) is 55.5 Å². The van der Waals surface area contributed by atoms with E-state index >= 15 is 0 Å². The second-order valence-electron chi connectivity index (χ2n) is 6.93. The highest BCUT2D eigenvalue weighted by atomic mass is 16.5. The van der Waals surface area contributed by atoms with E-state index in [0.29, 0.717) is 18.2 Å². The van der Waals surface area contributed by atoms with Gasteiger partial charge in [-0.2, -0.15) is 5.10 Å². The highest BCUT2D eigenvalue weighted by Gasteiger charge is 2.44. The van der Waals surface area contributed by atoms with Crippen molar-refractivity contribution >= 4 is 11.9 Å². The number of carboxylic acids is 1. The smallest absolute Gasteiger partial charge is 0.331 e. The predicted molar refractivity (Wildman–Crippen MR) is 95.8 cm³/mol. The Morgan fingerprint density at radius 2 is 1.93 bits per heavy atom. The second-order valence-corrected chi connectivity index (χ2v) is 6.93. The van der Waals surface area contributed by atoms with Crippen molar-refractivity contribution in [2.45, 2.75) is 46.1 Å². The molecule has 0 spiro atoms. The van der Waals surface area contributed by atoms with E-state index in [4.69, 9.17) is 4.74 Å². The van der Waals surface area contributed by atoms with Crippen LogP contribution in [0.1, 0.15) is 34.8 Å². The van der Waals surface area contributed by atoms with Crippen LogP contribution in [0.5, 0.6) is 0 Å². The molecule has 9 nitrogen and oxygen atoms in total. The van der Waals surface area contributed by atoms with Gasteiger partial charge < -0.3 is 15.2 Å². The lowest BCUT2D eigenvalue weighted by molar-refractivity contribution is -0.147. The lowest BCUT2D eigenvalue weighted by atomic mass is 9.98. The lowest BCUT2D eigenvalue weighted by Gasteiger charge is -2.23. The number of hydrogen-bond donors (Lipinski definition) is 2. The SMILES string of the molecule is Cc1cc(C)nc(-n2nc(C)c(CC(=O)NC3(C(=O)O)CCOC3)c2C)n1. The maximum absolute atomic E-state index is 12.5. The Morgan fingerprint density at radius 3 is 2.48 bits per heavy atom. The van der Waals surface area contributed by atoms with E-state index in [1.165, 1.54) is 0 Å². The molecule has 9 heteroatoms. The van der Waals surface area contributed by atoms with E-state index in [0.717, 1.165) is 22.6 Å². The van der Waals surface area contributed by atoms with Crippen LogP contribution in [0.4, 0.5) is 0 Å². The van der Waals surface area contributed by atoms with E-state index in [9.17, 15) is 14.7 Å². The Labute approximate surface area is 156 Å². The van der Waals surface area contributed by atoms with Crippen LogP contribution >= 0.6 is 0 Å². The summed E-state index contributed by atoms with van der Waals surface area (Å²) in [5.41, 5.74) is 2.46. The monoisotopic (exact) mass is 373 g/mol. The summed E-state index contributed by atoms with van der Waals surface area (Å²) in [5, 5.41) is 16.6. The van der Waals surface area contributed by atoms with Gasteiger partial charge in [-0.1, -0.05) is 0 Å². The Hall–Kier alpha value is -2.81. The number of hydrogen-bond acceptors (Lipinski definition) is 6. The molecule has 0 radical (unpaired) electrons. The van der Waals surface area contributed by atoms with Crippen LogP contribution in [0.25, 0.3) is 5.95 Å². The summed E-state index contributed by atoms with van der Waals surface area (Å²) in [6, 6.07) is 1.87. The van der Waals surface area contributed by atoms with E-state index in [1.54, 1.807) is 11.6 Å². The Kier molecular flexibility index (Phi) is 4.97. The van der Waals surface area contributed by atoms with Crippen LogP contribution in [-0.2, 0) is 20.7 Å². The van der Waals surface area contributed by atoms with Crippen LogP contribution in [0.15, 0.2) is 6.07 Å². The van der Waals surface area contributed by atoms with Crippen LogP contribution in [0, 0.1) is 27.7 Å². The molecule has 0 bridgehead atoms. The van der Waals surface area contributed by atoms with E-state index in [-0.39, 0.29) is 25.4 Å². The minimum atomic E-state index is -1.36. The van der Waals surface area contributed by atoms with E-state index in [2.05, 4.69) is 20.4 Å². The fourth-order valence-corrected chi connectivity index (χ4v) is 3.28. The average Bonchev–Trinajstić information content (AvgIpc) is 3.15. The molecule has 1 atom stereocenters. The number of aryl methyl sites for hydroxylation is 3. The maximum atomic E-state index is 12.5. The van der Waals surface area contributed by atoms with Gasteiger partial charge in [0.2, 0.25) is 5.91 Å². The van der Waals surface area contributed by atoms with Gasteiger partial charge in [0.1, 0.15) is 0 Å². The van der Waals surface area contributed by atoms with Crippen molar-refractivity contribution in [2.24, 2.45) is 0 Å². The minimum absolute atomic E-state index is 0.0253. The van der Waals surface area contributed by atoms with Crippen molar-refractivity contribution in [2.75, 3.05) is 13.2 Å². The molecular weight excluding hydrogens is 350 g/mol. The van der Waals surface area contributed by atoms with E-state index in [1.807, 2.05) is 26.8 Å². The number of carboxylic acid groups (broad SMARTS) is 1. The largest absolute Gasteiger partial charge is 0.479 e. The maximum Gasteiger partial charge on any atom is 0.331 e. The highest BCUT2D eigenvalue weighted by molar-refractivity contribution is 5.88. The summed E-state index contributed by atoms with van der Waals surface area (Å²) in [6.45, 7) is 7.70. The lowest BCUT2D eigenvalue weighted by Crippen LogP contribution is -2.55. The zero-order valence-corrected chi connectivity index (χ0v) is 15.9. The Morgan fingerprint density at radius 1 is 1.26 bits per heavy atom. The summed E-state index contributed by atoms with van der Waals surface area (Å²) in [4.78, 5) is 32.9. The van der Waals surface area contributed by atoms with Crippen molar-refractivity contribution in [3.8, 4) is 5.95 Å². The average molecular weight is 373 g/mol. The first kappa shape index (κ1) is 19.0. The number of aliphatic carboxylic acids is 1. The number of nitrogens with one attached hydrogen (secondary N) is 1. The number of rotatable bonds is 5. The molecule has 1 amide bonds. The zero-order chi connectivity index (χ0) is 19.8. The summed E-state index contributed by atoms with van der Waals surface area (Å²) in [6.07, 6.45) is 0.277. The third-order valence-electron chi connectivity index (χ3n) is 4.75. The third kappa shape index (κ3) is 3.68. The van der Waals surface area contributed by atoms with Crippen LogP contribution in [0.3, 0.4) is 0 Å². The Balaban J connectivity index is 1.84. The topological polar surface area (TPSA) is 119 Å². The summed E-state index contributed by atoms with van der Waals surface area (Å²) >= 11 is 0. The van der Waals surface area contributed by atoms with E-state index < -0.39 is 11.5 Å². The van der Waals surface area contributed by atoms with Crippen molar-refractivity contribution < 1.29 is 19.4 Å². The third-order valence-corrected chi connectivity index (χ3v) is 4.75. The molecule has 144 valence electrons. The van der Waals surface area contributed by atoms with Crippen LogP contribution < -0.4 is 5.32 Å². The van der Waals surface area contributed by atoms with Crippen molar-refractivity contribution in [3.05, 3.63) is 34.4 Å². The molecule has 1 saturated heterocycles. The molecule has 0 aromatic carbocycles. The number of aromatic nitrogens is 4. The predicted octanol–water partition coefficient (Wildman–Crippen LogP) is 0.798. The van der Waals surface area contributed by atoms with Gasteiger partial charge >= 0.3 is 5.97 Å². The van der Waals surface area contributed by atoms with Gasteiger partial charge in [0.15, 0.2) is 5.54 Å². The summed E-state index contributed by atoms with van der Waals surface area (Å²) in [5.74, 6) is -1.01. The molecule has 3 heterocycles. The molecule has 27 heavy (non-hydrogen) atoms. The quantitative estimate of drug-likeness (QED) is 0.795. The summed E-state index contributed by atoms with van der Waals surface area (Å²) < 4.78 is 6.79. The first-order valence-electron chi connectivity index (χ1n) is 8.72. The van der Waals surface area contributed by atoms with Gasteiger partial charge in [-0.25, -0.2) is 19.4 Å². The fourth-order valence-electron chi connectivity index (χ4n) is 3.28. The van der Waals surface area contributed by atoms with Gasteiger partial charge in [-0.3, -0.25) is 4.79 Å². The number of nitrogens with zero attached hydrogens (tertiary/aromatic N) is 4. The highest BCUT2D eigenvalue weighted by Crippen LogP contribution is 2.21. The van der Waals surface area contributed by atoms with Crippen LogP contribution in [0.2, 0.25) is 0 Å². The molecule has 1 aliphatic heterocycles. The molecule has 1 unspecified atom stereocenters. The minimum Gasteiger partial charge on any atom is -0.479 e. The number of carbonyl (C=O) groups is 2. The number of carbonyl (C=O) groups excluding carboxylic acids is 1. The molecule has 1 aliphatic rings. The molecule has 2 N–H and O–H groups in total. The van der Waals surface area contributed by atoms with Crippen molar-refractivity contribution in [3.63, 3.8) is 0 Å². The standard InChI is InChI=1S/C18H23N5O4/c1-10-7-11(2)20-17(19-10)23-13(4)14(12(3)22-23)8-15(24)21-18(16(25)26)5-6-27-9-18/h7H,5-6,8-9H2,1-4H3,(H,21,24)(H,25,26).